The maximum absolute atomic E-state index is 9.85. The van der Waals surface area contributed by atoms with Crippen molar-refractivity contribution < 1.29 is 5.11 Å². The number of hydrogen-bond acceptors (Lipinski definition) is 5. The molecule has 2 aromatic carbocycles. The average Bonchev–Trinajstić information content (AvgIpc) is 3.10. The van der Waals surface area contributed by atoms with Gasteiger partial charge in [-0.05, 0) is 17.7 Å². The third-order valence-corrected chi connectivity index (χ3v) is 4.38. The SMILES string of the molecule is Nc1nc(-c2ccccc2)c(-c2cc(Cl)c(O)c(Cl)c2)c2ncnn12. The minimum absolute atomic E-state index is 0.135. The van der Waals surface area contributed by atoms with E-state index < -0.39 is 0 Å². The molecule has 0 saturated carbocycles. The number of anilines is 1. The molecule has 0 atom stereocenters. The highest BCUT2D eigenvalue weighted by atomic mass is 35.5. The molecular weight excluding hydrogens is 361 g/mol. The van der Waals surface area contributed by atoms with E-state index >= 15 is 0 Å². The van der Waals surface area contributed by atoms with Crippen molar-refractivity contribution in [2.45, 2.75) is 0 Å². The molecule has 0 radical (unpaired) electrons. The molecule has 0 aliphatic rings. The standard InChI is InChI=1S/C17H11Cl2N5O/c18-11-6-10(7-12(19)15(11)25)13-14(9-4-2-1-3-5-9)23-17(20)24-16(13)21-8-22-24/h1-8,25H,(H2,20,23). The fourth-order valence-corrected chi connectivity index (χ4v) is 3.17. The van der Waals surface area contributed by atoms with Gasteiger partial charge >= 0.3 is 0 Å². The third-order valence-electron chi connectivity index (χ3n) is 3.80. The van der Waals surface area contributed by atoms with E-state index in [0.717, 1.165) is 5.56 Å². The Morgan fingerprint density at radius 3 is 2.36 bits per heavy atom. The van der Waals surface area contributed by atoms with Gasteiger partial charge in [0.15, 0.2) is 11.4 Å². The summed E-state index contributed by atoms with van der Waals surface area (Å²) in [6.45, 7) is 0. The summed E-state index contributed by atoms with van der Waals surface area (Å²) in [5.41, 5.74) is 9.34. The van der Waals surface area contributed by atoms with Crippen LogP contribution in [-0.2, 0) is 0 Å². The molecule has 0 amide bonds. The lowest BCUT2D eigenvalue weighted by molar-refractivity contribution is 0.476. The molecule has 4 rings (SSSR count). The molecule has 0 spiro atoms. The van der Waals surface area contributed by atoms with Crippen LogP contribution in [0.4, 0.5) is 5.95 Å². The molecule has 2 heterocycles. The van der Waals surface area contributed by atoms with Crippen LogP contribution < -0.4 is 5.73 Å². The zero-order valence-electron chi connectivity index (χ0n) is 12.7. The molecular formula is C17H11Cl2N5O. The van der Waals surface area contributed by atoms with Gasteiger partial charge in [-0.25, -0.2) is 9.97 Å². The molecule has 25 heavy (non-hydrogen) atoms. The fraction of sp³-hybridized carbons (Fsp3) is 0. The summed E-state index contributed by atoms with van der Waals surface area (Å²) < 4.78 is 1.44. The summed E-state index contributed by atoms with van der Waals surface area (Å²) in [4.78, 5) is 8.80. The lowest BCUT2D eigenvalue weighted by Crippen LogP contribution is -2.05. The van der Waals surface area contributed by atoms with E-state index in [9.17, 15) is 5.11 Å². The van der Waals surface area contributed by atoms with E-state index in [1.54, 1.807) is 12.1 Å². The number of hydrogen-bond donors (Lipinski definition) is 2. The van der Waals surface area contributed by atoms with Gasteiger partial charge in [0.2, 0.25) is 5.95 Å². The summed E-state index contributed by atoms with van der Waals surface area (Å²) in [6, 6.07) is 12.8. The zero-order chi connectivity index (χ0) is 17.6. The zero-order valence-corrected chi connectivity index (χ0v) is 14.2. The van der Waals surface area contributed by atoms with Crippen molar-refractivity contribution in [3.05, 3.63) is 58.8 Å². The van der Waals surface area contributed by atoms with Crippen LogP contribution in [0.25, 0.3) is 28.0 Å². The summed E-state index contributed by atoms with van der Waals surface area (Å²) >= 11 is 12.2. The summed E-state index contributed by atoms with van der Waals surface area (Å²) in [6.07, 6.45) is 1.40. The number of halogens is 2. The highest BCUT2D eigenvalue weighted by Crippen LogP contribution is 2.40. The van der Waals surface area contributed by atoms with Gasteiger partial charge in [0, 0.05) is 5.56 Å². The van der Waals surface area contributed by atoms with Gasteiger partial charge < -0.3 is 10.8 Å². The summed E-state index contributed by atoms with van der Waals surface area (Å²) in [5, 5.41) is 14.2. The van der Waals surface area contributed by atoms with Crippen LogP contribution in [-0.4, -0.2) is 24.7 Å². The Bertz CT molecular complexity index is 1070. The quantitative estimate of drug-likeness (QED) is 0.554. The second-order valence-corrected chi connectivity index (χ2v) is 6.16. The lowest BCUT2D eigenvalue weighted by Gasteiger charge is -2.13. The molecule has 0 aliphatic carbocycles. The topological polar surface area (TPSA) is 89.3 Å². The van der Waals surface area contributed by atoms with Crippen LogP contribution in [0, 0.1) is 0 Å². The Labute approximate surface area is 152 Å². The van der Waals surface area contributed by atoms with Crippen LogP contribution in [0.3, 0.4) is 0 Å². The van der Waals surface area contributed by atoms with Crippen molar-refractivity contribution in [1.29, 1.82) is 0 Å². The number of fused-ring (bicyclic) bond motifs is 1. The maximum Gasteiger partial charge on any atom is 0.223 e. The Hall–Kier alpha value is -2.83. The number of nitrogen functional groups attached to an aromatic ring is 1. The summed E-state index contributed by atoms with van der Waals surface area (Å²) in [5.74, 6) is 0.0420. The van der Waals surface area contributed by atoms with E-state index in [2.05, 4.69) is 15.1 Å². The van der Waals surface area contributed by atoms with Crippen molar-refractivity contribution in [2.75, 3.05) is 5.73 Å². The predicted octanol–water partition coefficient (Wildman–Crippen LogP) is 4.05. The predicted molar refractivity (Wildman–Crippen MR) is 97.8 cm³/mol. The molecule has 0 aliphatic heterocycles. The lowest BCUT2D eigenvalue weighted by atomic mass is 10.00. The highest BCUT2D eigenvalue weighted by Gasteiger charge is 2.20. The molecule has 3 N–H and O–H groups in total. The smallest absolute Gasteiger partial charge is 0.223 e. The fourth-order valence-electron chi connectivity index (χ4n) is 2.68. The molecule has 0 fully saturated rings. The number of rotatable bonds is 2. The molecule has 0 bridgehead atoms. The first-order valence-corrected chi connectivity index (χ1v) is 8.05. The van der Waals surface area contributed by atoms with Gasteiger partial charge in [-0.2, -0.15) is 9.61 Å². The first-order chi connectivity index (χ1) is 12.1. The Morgan fingerprint density at radius 1 is 1.00 bits per heavy atom. The van der Waals surface area contributed by atoms with Crippen LogP contribution in [0.1, 0.15) is 0 Å². The monoisotopic (exact) mass is 371 g/mol. The Morgan fingerprint density at radius 2 is 1.68 bits per heavy atom. The minimum Gasteiger partial charge on any atom is -0.505 e. The number of nitrogens with zero attached hydrogens (tertiary/aromatic N) is 4. The number of benzene rings is 2. The molecule has 2 aromatic heterocycles. The molecule has 0 unspecified atom stereocenters. The van der Waals surface area contributed by atoms with E-state index in [1.807, 2.05) is 30.3 Å². The molecule has 8 heteroatoms. The van der Waals surface area contributed by atoms with Crippen molar-refractivity contribution in [3.63, 3.8) is 0 Å². The van der Waals surface area contributed by atoms with Crippen LogP contribution in [0.5, 0.6) is 5.75 Å². The number of nitrogens with two attached hydrogens (primary N) is 1. The van der Waals surface area contributed by atoms with Crippen molar-refractivity contribution in [2.24, 2.45) is 0 Å². The number of phenols is 1. The van der Waals surface area contributed by atoms with Crippen LogP contribution in [0.15, 0.2) is 48.8 Å². The van der Waals surface area contributed by atoms with E-state index in [1.165, 1.54) is 10.8 Å². The van der Waals surface area contributed by atoms with Crippen molar-refractivity contribution in [1.82, 2.24) is 19.6 Å². The first kappa shape index (κ1) is 15.7. The average molecular weight is 372 g/mol. The third kappa shape index (κ3) is 2.56. The van der Waals surface area contributed by atoms with E-state index in [4.69, 9.17) is 28.9 Å². The van der Waals surface area contributed by atoms with Crippen LogP contribution >= 0.6 is 23.2 Å². The Balaban J connectivity index is 2.12. The van der Waals surface area contributed by atoms with Gasteiger partial charge in [-0.1, -0.05) is 53.5 Å². The van der Waals surface area contributed by atoms with Gasteiger partial charge in [-0.15, -0.1) is 0 Å². The van der Waals surface area contributed by atoms with Gasteiger partial charge in [0.05, 0.1) is 21.3 Å². The van der Waals surface area contributed by atoms with Crippen molar-refractivity contribution >= 4 is 34.8 Å². The van der Waals surface area contributed by atoms with Gasteiger partial charge in [-0.3, -0.25) is 0 Å². The number of aromatic nitrogens is 4. The van der Waals surface area contributed by atoms with Gasteiger partial charge in [0.1, 0.15) is 6.33 Å². The largest absolute Gasteiger partial charge is 0.505 e. The summed E-state index contributed by atoms with van der Waals surface area (Å²) in [7, 11) is 0. The molecule has 124 valence electrons. The molecule has 0 saturated heterocycles. The molecule has 6 nitrogen and oxygen atoms in total. The Kier molecular flexibility index (Phi) is 3.71. The maximum atomic E-state index is 9.85. The van der Waals surface area contributed by atoms with Crippen LogP contribution in [0.2, 0.25) is 10.0 Å². The number of phenolic OH excluding ortho intramolecular Hbond substituents is 1. The molecule has 4 aromatic rings. The van der Waals surface area contributed by atoms with Crippen molar-refractivity contribution in [3.8, 4) is 28.1 Å². The van der Waals surface area contributed by atoms with Gasteiger partial charge in [0.25, 0.3) is 0 Å². The number of aromatic hydroxyl groups is 1. The second-order valence-electron chi connectivity index (χ2n) is 5.34. The second kappa shape index (κ2) is 5.91. The van der Waals surface area contributed by atoms with E-state index in [0.29, 0.717) is 22.5 Å². The van der Waals surface area contributed by atoms with E-state index in [-0.39, 0.29) is 21.7 Å². The highest BCUT2D eigenvalue weighted by molar-refractivity contribution is 6.37. The normalized spacial score (nSPS) is 11.1. The first-order valence-electron chi connectivity index (χ1n) is 7.29. The minimum atomic E-state index is -0.172.